The molecule has 2 aliphatic heterocycles. The first-order valence-corrected chi connectivity index (χ1v) is 10.3. The highest BCUT2D eigenvalue weighted by molar-refractivity contribution is 8.00. The highest BCUT2D eigenvalue weighted by atomic mass is 32.2. The van der Waals surface area contributed by atoms with Crippen LogP contribution in [0.1, 0.15) is 27.8 Å². The van der Waals surface area contributed by atoms with Gasteiger partial charge in [0.15, 0.2) is 4.93 Å². The lowest BCUT2D eigenvalue weighted by atomic mass is 9.91. The first kappa shape index (κ1) is 21.6. The van der Waals surface area contributed by atoms with Crippen molar-refractivity contribution in [3.8, 4) is 0 Å². The molecule has 0 amide bonds. The summed E-state index contributed by atoms with van der Waals surface area (Å²) in [5.74, 6) is 0. The first-order valence-electron chi connectivity index (χ1n) is 9.41. The fourth-order valence-corrected chi connectivity index (χ4v) is 5.52. The molecule has 5 atom stereocenters. The van der Waals surface area contributed by atoms with E-state index in [9.17, 15) is 33.6 Å². The Kier molecular flexibility index (Phi) is 5.63. The van der Waals surface area contributed by atoms with Crippen molar-refractivity contribution in [1.82, 2.24) is 0 Å². The molecule has 2 aliphatic rings. The van der Waals surface area contributed by atoms with Crippen LogP contribution in [0.2, 0.25) is 0 Å². The van der Waals surface area contributed by atoms with E-state index in [1.807, 2.05) is 12.1 Å². The molecule has 1 unspecified atom stereocenters. The molecule has 30 heavy (non-hydrogen) atoms. The molecular formula is C21H21F3O5S. The molecule has 0 bridgehead atoms. The van der Waals surface area contributed by atoms with Crippen LogP contribution in [-0.4, -0.2) is 50.6 Å². The third kappa shape index (κ3) is 3.63. The standard InChI is InChI=1S/C21H21F3O5S/c22-21(23,24)14-5-2-11(3-6-14)7-12-1-4-13-10-29-20(15(13)8-12)19(28)18(27)17(26)16(9-25)30-20/h1-6,8,16-19,25-28H,7,9-10H2/t16-,17-,18?,19-,20+/m1/s1. The van der Waals surface area contributed by atoms with Gasteiger partial charge in [-0.25, -0.2) is 0 Å². The molecule has 2 heterocycles. The summed E-state index contributed by atoms with van der Waals surface area (Å²) < 4.78 is 44.2. The summed E-state index contributed by atoms with van der Waals surface area (Å²) in [5, 5.41) is 39.9. The zero-order valence-corrected chi connectivity index (χ0v) is 16.5. The molecule has 0 saturated carbocycles. The summed E-state index contributed by atoms with van der Waals surface area (Å²) in [5.41, 5.74) is 2.22. The SMILES string of the molecule is OC[C@H]1S[C@]2(OCc3ccc(Cc4ccc(C(F)(F)F)cc4)cc32)[C@H](O)C(O)[C@@H]1O. The lowest BCUT2D eigenvalue weighted by Gasteiger charge is -2.45. The second-order valence-corrected chi connectivity index (χ2v) is 9.03. The van der Waals surface area contributed by atoms with Crippen LogP contribution < -0.4 is 0 Å². The van der Waals surface area contributed by atoms with Gasteiger partial charge in [0.05, 0.1) is 30.1 Å². The molecular weight excluding hydrogens is 421 g/mol. The minimum atomic E-state index is -4.39. The van der Waals surface area contributed by atoms with Crippen LogP contribution in [0.25, 0.3) is 0 Å². The maximum absolute atomic E-state index is 12.8. The number of hydrogen-bond donors (Lipinski definition) is 4. The van der Waals surface area contributed by atoms with Crippen LogP contribution >= 0.6 is 11.8 Å². The second-order valence-electron chi connectivity index (χ2n) is 7.58. The average Bonchev–Trinajstić information content (AvgIpc) is 3.08. The number of aliphatic hydroxyl groups is 4. The molecule has 1 saturated heterocycles. The van der Waals surface area contributed by atoms with Gasteiger partial charge in [0, 0.05) is 5.56 Å². The lowest BCUT2D eigenvalue weighted by Crippen LogP contribution is -2.58. The summed E-state index contributed by atoms with van der Waals surface area (Å²) in [6.45, 7) is -0.206. The highest BCUT2D eigenvalue weighted by Crippen LogP contribution is 2.54. The molecule has 5 nitrogen and oxygen atoms in total. The number of alkyl halides is 3. The topological polar surface area (TPSA) is 90.2 Å². The van der Waals surface area contributed by atoms with E-state index in [4.69, 9.17) is 4.74 Å². The molecule has 9 heteroatoms. The quantitative estimate of drug-likeness (QED) is 0.583. The van der Waals surface area contributed by atoms with Crippen LogP contribution in [0.15, 0.2) is 42.5 Å². The normalized spacial score (nSPS) is 31.2. The van der Waals surface area contributed by atoms with Gasteiger partial charge >= 0.3 is 6.18 Å². The number of aliphatic hydroxyl groups excluding tert-OH is 4. The largest absolute Gasteiger partial charge is 0.416 e. The van der Waals surface area contributed by atoms with Crippen molar-refractivity contribution in [3.05, 3.63) is 70.3 Å². The van der Waals surface area contributed by atoms with Crippen LogP contribution in [-0.2, 0) is 28.9 Å². The molecule has 1 spiro atoms. The van der Waals surface area contributed by atoms with E-state index in [-0.39, 0.29) is 6.61 Å². The number of hydrogen-bond acceptors (Lipinski definition) is 6. The van der Waals surface area contributed by atoms with Crippen molar-refractivity contribution in [3.63, 3.8) is 0 Å². The number of rotatable bonds is 3. The van der Waals surface area contributed by atoms with Crippen molar-refractivity contribution in [2.45, 2.75) is 47.7 Å². The Bertz CT molecular complexity index is 918. The molecule has 0 aliphatic carbocycles. The first-order chi connectivity index (χ1) is 14.2. The fraction of sp³-hybridized carbons (Fsp3) is 0.429. The van der Waals surface area contributed by atoms with Crippen LogP contribution in [0.5, 0.6) is 0 Å². The Morgan fingerprint density at radius 2 is 1.67 bits per heavy atom. The van der Waals surface area contributed by atoms with Crippen LogP contribution in [0, 0.1) is 0 Å². The number of ether oxygens (including phenoxy) is 1. The third-order valence-electron chi connectivity index (χ3n) is 5.63. The van der Waals surface area contributed by atoms with E-state index < -0.39 is 46.8 Å². The molecule has 2 aromatic rings. The summed E-state index contributed by atoms with van der Waals surface area (Å²) >= 11 is 1.07. The smallest absolute Gasteiger partial charge is 0.395 e. The van der Waals surface area contributed by atoms with Gasteiger partial charge in [-0.3, -0.25) is 0 Å². The van der Waals surface area contributed by atoms with Gasteiger partial charge < -0.3 is 25.2 Å². The van der Waals surface area contributed by atoms with Crippen molar-refractivity contribution < 1.29 is 38.3 Å². The van der Waals surface area contributed by atoms with Crippen LogP contribution in [0.4, 0.5) is 13.2 Å². The Morgan fingerprint density at radius 3 is 2.30 bits per heavy atom. The predicted octanol–water partition coefficient (Wildman–Crippen LogP) is 2.17. The zero-order chi connectivity index (χ0) is 21.7. The number of thioether (sulfide) groups is 1. The van der Waals surface area contributed by atoms with Crippen molar-refractivity contribution in [2.75, 3.05) is 6.61 Å². The molecule has 162 valence electrons. The summed E-state index contributed by atoms with van der Waals surface area (Å²) in [7, 11) is 0. The molecule has 2 aromatic carbocycles. The van der Waals surface area contributed by atoms with E-state index in [1.165, 1.54) is 12.1 Å². The monoisotopic (exact) mass is 442 g/mol. The van der Waals surface area contributed by atoms with Gasteiger partial charge in [0.1, 0.15) is 12.2 Å². The zero-order valence-electron chi connectivity index (χ0n) is 15.7. The fourth-order valence-electron chi connectivity index (χ4n) is 3.98. The maximum atomic E-state index is 12.8. The van der Waals surface area contributed by atoms with Gasteiger partial charge in [-0.2, -0.15) is 13.2 Å². The summed E-state index contributed by atoms with van der Waals surface area (Å²) in [6, 6.07) is 10.4. The minimum absolute atomic E-state index is 0.195. The summed E-state index contributed by atoms with van der Waals surface area (Å²) in [4.78, 5) is -1.34. The van der Waals surface area contributed by atoms with Crippen LogP contribution in [0.3, 0.4) is 0 Å². The molecule has 4 rings (SSSR count). The maximum Gasteiger partial charge on any atom is 0.416 e. The Morgan fingerprint density at radius 1 is 1.00 bits per heavy atom. The van der Waals surface area contributed by atoms with Gasteiger partial charge in [-0.1, -0.05) is 30.3 Å². The highest BCUT2D eigenvalue weighted by Gasteiger charge is 2.57. The van der Waals surface area contributed by atoms with Crippen molar-refractivity contribution in [2.24, 2.45) is 0 Å². The van der Waals surface area contributed by atoms with E-state index in [2.05, 4.69) is 0 Å². The van der Waals surface area contributed by atoms with E-state index >= 15 is 0 Å². The minimum Gasteiger partial charge on any atom is -0.395 e. The lowest BCUT2D eigenvalue weighted by molar-refractivity contribution is -0.147. The van der Waals surface area contributed by atoms with E-state index in [1.54, 1.807) is 6.07 Å². The van der Waals surface area contributed by atoms with Gasteiger partial charge in [-0.15, -0.1) is 11.8 Å². The van der Waals surface area contributed by atoms with E-state index in [0.717, 1.165) is 35.0 Å². The van der Waals surface area contributed by atoms with E-state index in [0.29, 0.717) is 17.5 Å². The molecule has 0 radical (unpaired) electrons. The van der Waals surface area contributed by atoms with Crippen molar-refractivity contribution >= 4 is 11.8 Å². The Labute approximate surface area is 175 Å². The number of halogens is 3. The Balaban J connectivity index is 1.63. The van der Waals surface area contributed by atoms with Gasteiger partial charge in [0.25, 0.3) is 0 Å². The van der Waals surface area contributed by atoms with Crippen molar-refractivity contribution in [1.29, 1.82) is 0 Å². The number of fused-ring (bicyclic) bond motifs is 2. The predicted molar refractivity (Wildman–Crippen MR) is 104 cm³/mol. The third-order valence-corrected chi connectivity index (χ3v) is 7.29. The molecule has 4 N–H and O–H groups in total. The second kappa shape index (κ2) is 7.81. The van der Waals surface area contributed by atoms with Gasteiger partial charge in [-0.05, 0) is 35.2 Å². The molecule has 1 fully saturated rings. The van der Waals surface area contributed by atoms with Gasteiger partial charge in [0.2, 0.25) is 0 Å². The molecule has 0 aromatic heterocycles. The Hall–Kier alpha value is -1.62. The summed E-state index contributed by atoms with van der Waals surface area (Å²) in [6.07, 6.45) is -8.23. The average molecular weight is 442 g/mol. The number of benzene rings is 2.